The van der Waals surface area contributed by atoms with Crippen LogP contribution in [0.4, 0.5) is 0 Å². The van der Waals surface area contributed by atoms with Gasteiger partial charge >= 0.3 is 0 Å². The van der Waals surface area contributed by atoms with Crippen LogP contribution in [0.2, 0.25) is 5.02 Å². The van der Waals surface area contributed by atoms with E-state index in [0.717, 1.165) is 17.1 Å². The zero-order chi connectivity index (χ0) is 13.9. The van der Waals surface area contributed by atoms with Crippen molar-refractivity contribution in [3.63, 3.8) is 0 Å². The Morgan fingerprint density at radius 1 is 1.45 bits per heavy atom. The molecule has 108 valence electrons. The van der Waals surface area contributed by atoms with E-state index in [1.807, 2.05) is 18.5 Å². The van der Waals surface area contributed by atoms with E-state index in [1.165, 1.54) is 30.6 Å². The van der Waals surface area contributed by atoms with Gasteiger partial charge in [0.25, 0.3) is 0 Å². The molecule has 1 atom stereocenters. The van der Waals surface area contributed by atoms with Crippen LogP contribution in [0.5, 0.6) is 0 Å². The van der Waals surface area contributed by atoms with E-state index in [0.29, 0.717) is 6.04 Å². The summed E-state index contributed by atoms with van der Waals surface area (Å²) in [4.78, 5) is 1.20. The van der Waals surface area contributed by atoms with Gasteiger partial charge in [0, 0.05) is 23.5 Å². The minimum absolute atomic E-state index is 0.245. The first-order valence-corrected chi connectivity index (χ1v) is 8.48. The van der Waals surface area contributed by atoms with Crippen LogP contribution >= 0.6 is 22.9 Å². The number of hydrogen-bond acceptors (Lipinski definition) is 3. The zero-order valence-electron chi connectivity index (χ0n) is 11.7. The fourth-order valence-corrected chi connectivity index (χ4v) is 4.25. The molecule has 2 heterocycles. The van der Waals surface area contributed by atoms with Crippen LogP contribution in [0.15, 0.2) is 23.7 Å². The highest BCUT2D eigenvalue weighted by atomic mass is 35.5. The lowest BCUT2D eigenvalue weighted by Gasteiger charge is -2.14. The van der Waals surface area contributed by atoms with Crippen LogP contribution in [0.25, 0.3) is 0 Å². The standard InChI is InChI=1S/C15H20ClN3S/c1-17-14(15-13(16)7-9-20-15)10-11-6-8-19(18-11)12-4-2-3-5-12/h6-9,12,14,17H,2-5,10H2,1H3. The molecule has 0 amide bonds. The summed E-state index contributed by atoms with van der Waals surface area (Å²) in [6, 6.07) is 4.96. The molecule has 0 bridgehead atoms. The molecule has 1 saturated carbocycles. The van der Waals surface area contributed by atoms with Gasteiger partial charge in [0.1, 0.15) is 0 Å². The second-order valence-electron chi connectivity index (χ2n) is 5.40. The molecule has 1 aliphatic carbocycles. The molecule has 0 saturated heterocycles. The third kappa shape index (κ3) is 2.92. The lowest BCUT2D eigenvalue weighted by Crippen LogP contribution is -2.18. The Bertz CT molecular complexity index is 557. The third-order valence-electron chi connectivity index (χ3n) is 4.09. The van der Waals surface area contributed by atoms with Gasteiger partial charge in [-0.05, 0) is 37.4 Å². The molecule has 5 heteroatoms. The maximum absolute atomic E-state index is 6.23. The van der Waals surface area contributed by atoms with Gasteiger partial charge in [0.05, 0.1) is 16.8 Å². The van der Waals surface area contributed by atoms with Gasteiger partial charge in [-0.2, -0.15) is 5.10 Å². The van der Waals surface area contributed by atoms with Crippen molar-refractivity contribution in [2.24, 2.45) is 0 Å². The minimum atomic E-state index is 0.245. The van der Waals surface area contributed by atoms with E-state index in [9.17, 15) is 0 Å². The normalized spacial score (nSPS) is 17.7. The number of rotatable bonds is 5. The second-order valence-corrected chi connectivity index (χ2v) is 6.76. The van der Waals surface area contributed by atoms with E-state index >= 15 is 0 Å². The molecule has 0 radical (unpaired) electrons. The molecule has 0 spiro atoms. The molecule has 3 nitrogen and oxygen atoms in total. The topological polar surface area (TPSA) is 29.9 Å². The van der Waals surface area contributed by atoms with Gasteiger partial charge in [-0.15, -0.1) is 11.3 Å². The molecule has 2 aromatic heterocycles. The van der Waals surface area contributed by atoms with Crippen molar-refractivity contribution in [3.05, 3.63) is 39.3 Å². The van der Waals surface area contributed by atoms with Crippen LogP contribution in [0.3, 0.4) is 0 Å². The van der Waals surface area contributed by atoms with Crippen molar-refractivity contribution in [2.75, 3.05) is 7.05 Å². The summed E-state index contributed by atoms with van der Waals surface area (Å²) in [6.07, 6.45) is 8.23. The number of nitrogens with zero attached hydrogens (tertiary/aromatic N) is 2. The van der Waals surface area contributed by atoms with Gasteiger partial charge < -0.3 is 5.32 Å². The Hall–Kier alpha value is -0.840. The highest BCUT2D eigenvalue weighted by Gasteiger charge is 2.20. The molecule has 1 aliphatic rings. The van der Waals surface area contributed by atoms with E-state index in [-0.39, 0.29) is 6.04 Å². The number of halogens is 1. The predicted octanol–water partition coefficient (Wildman–Crippen LogP) is 4.22. The number of thiophene rings is 1. The Morgan fingerprint density at radius 2 is 2.25 bits per heavy atom. The van der Waals surface area contributed by atoms with Crippen molar-refractivity contribution in [1.82, 2.24) is 15.1 Å². The minimum Gasteiger partial charge on any atom is -0.312 e. The SMILES string of the molecule is CNC(Cc1ccn(C2CCCC2)n1)c1sccc1Cl. The Balaban J connectivity index is 1.71. The fraction of sp³-hybridized carbons (Fsp3) is 0.533. The highest BCUT2D eigenvalue weighted by Crippen LogP contribution is 2.31. The van der Waals surface area contributed by atoms with Gasteiger partial charge in [0.15, 0.2) is 0 Å². The molecule has 3 rings (SSSR count). The first kappa shape index (κ1) is 14.1. The molecule has 2 aromatic rings. The van der Waals surface area contributed by atoms with Gasteiger partial charge in [-0.25, -0.2) is 0 Å². The van der Waals surface area contributed by atoms with E-state index in [2.05, 4.69) is 22.3 Å². The summed E-state index contributed by atoms with van der Waals surface area (Å²) < 4.78 is 2.16. The lowest BCUT2D eigenvalue weighted by atomic mass is 10.1. The molecule has 1 N–H and O–H groups in total. The van der Waals surface area contributed by atoms with Crippen LogP contribution in [0.1, 0.15) is 48.3 Å². The number of aromatic nitrogens is 2. The number of likely N-dealkylation sites (N-methyl/N-ethyl adjacent to an activating group) is 1. The second kappa shape index (κ2) is 6.29. The lowest BCUT2D eigenvalue weighted by molar-refractivity contribution is 0.459. The van der Waals surface area contributed by atoms with Gasteiger partial charge in [0.2, 0.25) is 0 Å². The Labute approximate surface area is 129 Å². The molecule has 20 heavy (non-hydrogen) atoms. The molecular weight excluding hydrogens is 290 g/mol. The first-order chi connectivity index (χ1) is 9.78. The molecule has 0 aromatic carbocycles. The largest absolute Gasteiger partial charge is 0.312 e. The Morgan fingerprint density at radius 3 is 2.90 bits per heavy atom. The molecule has 1 unspecified atom stereocenters. The van der Waals surface area contributed by atoms with Gasteiger partial charge in [-0.1, -0.05) is 24.4 Å². The molecular formula is C15H20ClN3S. The van der Waals surface area contributed by atoms with E-state index < -0.39 is 0 Å². The smallest absolute Gasteiger partial charge is 0.0644 e. The zero-order valence-corrected chi connectivity index (χ0v) is 13.3. The quantitative estimate of drug-likeness (QED) is 0.896. The summed E-state index contributed by atoms with van der Waals surface area (Å²) in [6.45, 7) is 0. The average Bonchev–Trinajstić information content (AvgIpc) is 3.17. The number of nitrogens with one attached hydrogen (secondary N) is 1. The van der Waals surface area contributed by atoms with E-state index in [1.54, 1.807) is 11.3 Å². The summed E-state index contributed by atoms with van der Waals surface area (Å²) in [5.74, 6) is 0. The van der Waals surface area contributed by atoms with Crippen molar-refractivity contribution in [3.8, 4) is 0 Å². The molecule has 1 fully saturated rings. The monoisotopic (exact) mass is 309 g/mol. The number of hydrogen-bond donors (Lipinski definition) is 1. The summed E-state index contributed by atoms with van der Waals surface area (Å²) in [5, 5.41) is 11.0. The van der Waals surface area contributed by atoms with Crippen LogP contribution in [-0.4, -0.2) is 16.8 Å². The fourth-order valence-electron chi connectivity index (χ4n) is 2.95. The summed E-state index contributed by atoms with van der Waals surface area (Å²) in [5.41, 5.74) is 1.14. The first-order valence-electron chi connectivity index (χ1n) is 7.22. The summed E-state index contributed by atoms with van der Waals surface area (Å²) >= 11 is 7.94. The van der Waals surface area contributed by atoms with Crippen molar-refractivity contribution < 1.29 is 0 Å². The maximum atomic E-state index is 6.23. The third-order valence-corrected chi connectivity index (χ3v) is 5.56. The van der Waals surface area contributed by atoms with Crippen molar-refractivity contribution in [1.29, 1.82) is 0 Å². The van der Waals surface area contributed by atoms with Crippen LogP contribution in [-0.2, 0) is 6.42 Å². The van der Waals surface area contributed by atoms with Crippen LogP contribution < -0.4 is 5.32 Å². The maximum Gasteiger partial charge on any atom is 0.0644 e. The van der Waals surface area contributed by atoms with Crippen molar-refractivity contribution >= 4 is 22.9 Å². The van der Waals surface area contributed by atoms with Crippen LogP contribution in [0, 0.1) is 0 Å². The highest BCUT2D eigenvalue weighted by molar-refractivity contribution is 7.10. The summed E-state index contributed by atoms with van der Waals surface area (Å²) in [7, 11) is 1.98. The Kier molecular flexibility index (Phi) is 4.44. The predicted molar refractivity (Wildman–Crippen MR) is 84.6 cm³/mol. The van der Waals surface area contributed by atoms with Crippen molar-refractivity contribution in [2.45, 2.75) is 44.2 Å². The average molecular weight is 310 g/mol. The van der Waals surface area contributed by atoms with E-state index in [4.69, 9.17) is 16.7 Å². The molecule has 0 aliphatic heterocycles. The van der Waals surface area contributed by atoms with Gasteiger partial charge in [-0.3, -0.25) is 4.68 Å².